The molecular weight excluding hydrogens is 276 g/mol. The molecule has 1 amide bonds. The highest BCUT2D eigenvalue weighted by Crippen LogP contribution is 2.19. The third-order valence-electron chi connectivity index (χ3n) is 2.93. The Bertz CT molecular complexity index is 608. The van der Waals surface area contributed by atoms with E-state index < -0.39 is 0 Å². The number of nitrogens with zero attached hydrogens (tertiary/aromatic N) is 2. The second-order valence-electron chi connectivity index (χ2n) is 4.68. The first-order chi connectivity index (χ1) is 9.70. The zero-order valence-electron chi connectivity index (χ0n) is 10.6. The van der Waals surface area contributed by atoms with Gasteiger partial charge in [0.1, 0.15) is 0 Å². The Balaban J connectivity index is 1.66. The number of anilines is 2. The first-order valence-electron chi connectivity index (χ1n) is 6.38. The minimum absolute atomic E-state index is 0.168. The fourth-order valence-electron chi connectivity index (χ4n) is 1.69. The fraction of sp³-hybridized carbons (Fsp3) is 0.214. The van der Waals surface area contributed by atoms with Gasteiger partial charge in [0, 0.05) is 16.8 Å². The van der Waals surface area contributed by atoms with Crippen LogP contribution in [0.1, 0.15) is 23.3 Å². The first kappa shape index (κ1) is 12.9. The summed E-state index contributed by atoms with van der Waals surface area (Å²) in [6.45, 7) is 0. The molecule has 0 bridgehead atoms. The number of carbonyl (C=O) groups is 1. The molecular formula is C14H13ClN4O. The Morgan fingerprint density at radius 1 is 1.10 bits per heavy atom. The van der Waals surface area contributed by atoms with Crippen molar-refractivity contribution in [3.8, 4) is 0 Å². The molecule has 0 spiro atoms. The molecule has 1 aromatic heterocycles. The second kappa shape index (κ2) is 5.46. The van der Waals surface area contributed by atoms with Crippen LogP contribution in [0.4, 0.5) is 11.5 Å². The number of hydrogen-bond donors (Lipinski definition) is 2. The van der Waals surface area contributed by atoms with Gasteiger partial charge in [-0.05, 0) is 49.2 Å². The summed E-state index contributed by atoms with van der Waals surface area (Å²) in [5, 5.41) is 14.5. The summed E-state index contributed by atoms with van der Waals surface area (Å²) in [5.41, 5.74) is 1.19. The molecule has 1 saturated carbocycles. The molecule has 0 aliphatic heterocycles. The number of aromatic nitrogens is 2. The van der Waals surface area contributed by atoms with Crippen LogP contribution in [0.25, 0.3) is 0 Å². The molecule has 0 unspecified atom stereocenters. The van der Waals surface area contributed by atoms with E-state index in [0.29, 0.717) is 22.6 Å². The average molecular weight is 289 g/mol. The molecule has 1 aromatic carbocycles. The van der Waals surface area contributed by atoms with E-state index in [1.165, 1.54) is 0 Å². The van der Waals surface area contributed by atoms with E-state index in [4.69, 9.17) is 11.6 Å². The van der Waals surface area contributed by atoms with Crippen molar-refractivity contribution >= 4 is 29.0 Å². The van der Waals surface area contributed by atoms with Crippen molar-refractivity contribution in [2.75, 3.05) is 5.32 Å². The molecule has 5 nitrogen and oxygen atoms in total. The summed E-state index contributed by atoms with van der Waals surface area (Å²) in [6.07, 6.45) is 2.10. The van der Waals surface area contributed by atoms with Gasteiger partial charge >= 0.3 is 0 Å². The molecule has 1 aliphatic carbocycles. The predicted octanol–water partition coefficient (Wildman–Crippen LogP) is 2.77. The highest BCUT2D eigenvalue weighted by atomic mass is 35.5. The number of benzene rings is 1. The van der Waals surface area contributed by atoms with Crippen molar-refractivity contribution in [1.82, 2.24) is 15.5 Å². The van der Waals surface area contributed by atoms with E-state index in [2.05, 4.69) is 20.8 Å². The molecule has 6 heteroatoms. The number of halogens is 1. The van der Waals surface area contributed by atoms with Crippen LogP contribution in [-0.2, 0) is 0 Å². The van der Waals surface area contributed by atoms with Gasteiger partial charge in [0.2, 0.25) is 0 Å². The summed E-state index contributed by atoms with van der Waals surface area (Å²) < 4.78 is 0. The van der Waals surface area contributed by atoms with E-state index in [-0.39, 0.29) is 5.91 Å². The van der Waals surface area contributed by atoms with Crippen LogP contribution in [0.3, 0.4) is 0 Å². The summed E-state index contributed by atoms with van der Waals surface area (Å²) in [4.78, 5) is 11.8. The summed E-state index contributed by atoms with van der Waals surface area (Å²) in [5.74, 6) is 0.410. The number of amides is 1. The predicted molar refractivity (Wildman–Crippen MR) is 77.3 cm³/mol. The average Bonchev–Trinajstić information content (AvgIpc) is 3.26. The number of hydrogen-bond acceptors (Lipinski definition) is 4. The molecule has 0 saturated heterocycles. The van der Waals surface area contributed by atoms with Crippen molar-refractivity contribution < 1.29 is 4.79 Å². The topological polar surface area (TPSA) is 66.9 Å². The maximum absolute atomic E-state index is 11.8. The van der Waals surface area contributed by atoms with Crippen LogP contribution in [0.5, 0.6) is 0 Å². The van der Waals surface area contributed by atoms with Gasteiger partial charge in [-0.25, -0.2) is 0 Å². The minimum Gasteiger partial charge on any atom is -0.348 e. The van der Waals surface area contributed by atoms with Gasteiger partial charge in [0.15, 0.2) is 11.5 Å². The van der Waals surface area contributed by atoms with E-state index in [1.807, 2.05) is 12.1 Å². The Morgan fingerprint density at radius 3 is 2.45 bits per heavy atom. The Labute approximate surface area is 121 Å². The lowest BCUT2D eigenvalue weighted by Crippen LogP contribution is -2.26. The number of carbonyl (C=O) groups excluding carboxylic acids is 1. The monoisotopic (exact) mass is 288 g/mol. The third kappa shape index (κ3) is 3.24. The maximum Gasteiger partial charge on any atom is 0.272 e. The number of rotatable bonds is 4. The fourth-order valence-corrected chi connectivity index (χ4v) is 1.81. The van der Waals surface area contributed by atoms with Crippen LogP contribution in [-0.4, -0.2) is 22.1 Å². The van der Waals surface area contributed by atoms with Gasteiger partial charge in [0.05, 0.1) is 0 Å². The number of nitrogens with one attached hydrogen (secondary N) is 2. The highest BCUT2D eigenvalue weighted by molar-refractivity contribution is 6.30. The molecule has 1 aliphatic rings. The van der Waals surface area contributed by atoms with Crippen LogP contribution >= 0.6 is 11.6 Å². The molecule has 0 radical (unpaired) electrons. The SMILES string of the molecule is O=C(NC1CC1)c1ccc(Nc2ccc(Cl)cc2)nn1. The quantitative estimate of drug-likeness (QED) is 0.908. The summed E-state index contributed by atoms with van der Waals surface area (Å²) in [6, 6.07) is 11.0. The van der Waals surface area contributed by atoms with Gasteiger partial charge in [-0.15, -0.1) is 10.2 Å². The molecule has 1 heterocycles. The van der Waals surface area contributed by atoms with Crippen molar-refractivity contribution in [3.63, 3.8) is 0 Å². The Morgan fingerprint density at radius 2 is 1.85 bits per heavy atom. The van der Waals surface area contributed by atoms with Crippen LogP contribution in [0, 0.1) is 0 Å². The van der Waals surface area contributed by atoms with Gasteiger partial charge < -0.3 is 10.6 Å². The zero-order chi connectivity index (χ0) is 13.9. The molecule has 2 N–H and O–H groups in total. The smallest absolute Gasteiger partial charge is 0.272 e. The van der Waals surface area contributed by atoms with Gasteiger partial charge in [-0.1, -0.05) is 11.6 Å². The molecule has 20 heavy (non-hydrogen) atoms. The standard InChI is InChI=1S/C14H13ClN4O/c15-9-1-3-10(4-2-9)16-13-8-7-12(18-19-13)14(20)17-11-5-6-11/h1-4,7-8,11H,5-6H2,(H,16,19)(H,17,20). The van der Waals surface area contributed by atoms with E-state index >= 15 is 0 Å². The van der Waals surface area contributed by atoms with Gasteiger partial charge in [-0.3, -0.25) is 4.79 Å². The van der Waals surface area contributed by atoms with Gasteiger partial charge in [-0.2, -0.15) is 0 Å². The largest absolute Gasteiger partial charge is 0.348 e. The van der Waals surface area contributed by atoms with Crippen LogP contribution in [0.2, 0.25) is 5.02 Å². The summed E-state index contributed by atoms with van der Waals surface area (Å²) in [7, 11) is 0. The normalized spacial score (nSPS) is 13.8. The lowest BCUT2D eigenvalue weighted by Gasteiger charge is -2.06. The summed E-state index contributed by atoms with van der Waals surface area (Å²) >= 11 is 5.82. The van der Waals surface area contributed by atoms with E-state index in [1.54, 1.807) is 24.3 Å². The lowest BCUT2D eigenvalue weighted by molar-refractivity contribution is 0.0945. The zero-order valence-corrected chi connectivity index (χ0v) is 11.4. The van der Waals surface area contributed by atoms with Crippen molar-refractivity contribution in [3.05, 3.63) is 47.1 Å². The molecule has 102 valence electrons. The van der Waals surface area contributed by atoms with Crippen molar-refractivity contribution in [1.29, 1.82) is 0 Å². The van der Waals surface area contributed by atoms with Crippen LogP contribution < -0.4 is 10.6 Å². The molecule has 1 fully saturated rings. The van der Waals surface area contributed by atoms with Crippen molar-refractivity contribution in [2.45, 2.75) is 18.9 Å². The Kier molecular flexibility index (Phi) is 3.52. The van der Waals surface area contributed by atoms with Crippen molar-refractivity contribution in [2.24, 2.45) is 0 Å². The van der Waals surface area contributed by atoms with Gasteiger partial charge in [0.25, 0.3) is 5.91 Å². The third-order valence-corrected chi connectivity index (χ3v) is 3.18. The van der Waals surface area contributed by atoms with E-state index in [9.17, 15) is 4.79 Å². The lowest BCUT2D eigenvalue weighted by atomic mass is 10.3. The molecule has 0 atom stereocenters. The Hall–Kier alpha value is -2.14. The highest BCUT2D eigenvalue weighted by Gasteiger charge is 2.24. The van der Waals surface area contributed by atoms with E-state index in [0.717, 1.165) is 18.5 Å². The maximum atomic E-state index is 11.8. The second-order valence-corrected chi connectivity index (χ2v) is 5.12. The molecule has 2 aromatic rings. The first-order valence-corrected chi connectivity index (χ1v) is 6.76. The minimum atomic E-state index is -0.168. The van der Waals surface area contributed by atoms with Crippen LogP contribution in [0.15, 0.2) is 36.4 Å². The molecule has 3 rings (SSSR count).